The Labute approximate surface area is 127 Å². The zero-order chi connectivity index (χ0) is 15.5. The van der Waals surface area contributed by atoms with E-state index in [1.807, 2.05) is 18.9 Å². The van der Waals surface area contributed by atoms with E-state index in [2.05, 4.69) is 17.3 Å². The lowest BCUT2D eigenvalue weighted by Crippen LogP contribution is -2.31. The van der Waals surface area contributed by atoms with Gasteiger partial charge in [0.25, 0.3) is 5.56 Å². The van der Waals surface area contributed by atoms with Gasteiger partial charge in [-0.15, -0.1) is 0 Å². The molecule has 0 aliphatic heterocycles. The normalized spacial score (nSPS) is 10.8. The predicted octanol–water partition coefficient (Wildman–Crippen LogP) is 1.11. The SMILES string of the molecule is CCCCOCCNCCn1ncc(N(C)CC)cc1=O. The standard InChI is InChI=1S/C15H28N4O2/c1-4-6-10-21-11-8-16-7-9-19-15(20)12-14(13-17-19)18(3)5-2/h12-13,16H,4-11H2,1-3H3. The Morgan fingerprint density at radius 2 is 2.14 bits per heavy atom. The molecule has 1 aromatic rings. The number of nitrogens with one attached hydrogen (secondary N) is 1. The molecule has 1 N–H and O–H groups in total. The van der Waals surface area contributed by atoms with Crippen LogP contribution in [0.25, 0.3) is 0 Å². The summed E-state index contributed by atoms with van der Waals surface area (Å²) in [6.07, 6.45) is 4.00. The third-order valence-electron chi connectivity index (χ3n) is 3.34. The summed E-state index contributed by atoms with van der Waals surface area (Å²) in [6.45, 7) is 8.67. The van der Waals surface area contributed by atoms with Crippen LogP contribution in [0.2, 0.25) is 0 Å². The van der Waals surface area contributed by atoms with Gasteiger partial charge in [-0.3, -0.25) is 4.79 Å². The van der Waals surface area contributed by atoms with E-state index in [9.17, 15) is 4.79 Å². The van der Waals surface area contributed by atoms with Gasteiger partial charge < -0.3 is 15.0 Å². The van der Waals surface area contributed by atoms with E-state index < -0.39 is 0 Å². The first-order valence-electron chi connectivity index (χ1n) is 7.75. The summed E-state index contributed by atoms with van der Waals surface area (Å²) in [7, 11) is 1.95. The summed E-state index contributed by atoms with van der Waals surface area (Å²) in [4.78, 5) is 13.9. The van der Waals surface area contributed by atoms with Gasteiger partial charge in [0, 0.05) is 39.4 Å². The van der Waals surface area contributed by atoms with Crippen LogP contribution in [0.4, 0.5) is 5.69 Å². The summed E-state index contributed by atoms with van der Waals surface area (Å²) < 4.78 is 6.94. The van der Waals surface area contributed by atoms with Crippen molar-refractivity contribution in [3.05, 3.63) is 22.6 Å². The van der Waals surface area contributed by atoms with E-state index >= 15 is 0 Å². The van der Waals surface area contributed by atoms with Crippen molar-refractivity contribution in [2.45, 2.75) is 33.2 Å². The Hall–Kier alpha value is -1.40. The highest BCUT2D eigenvalue weighted by Gasteiger charge is 2.02. The minimum absolute atomic E-state index is 0.0613. The van der Waals surface area contributed by atoms with Gasteiger partial charge in [0.05, 0.1) is 25.0 Å². The highest BCUT2D eigenvalue weighted by atomic mass is 16.5. The fourth-order valence-corrected chi connectivity index (χ4v) is 1.79. The van der Waals surface area contributed by atoms with Crippen LogP contribution in [0.5, 0.6) is 0 Å². The van der Waals surface area contributed by atoms with E-state index in [1.54, 1.807) is 12.3 Å². The summed E-state index contributed by atoms with van der Waals surface area (Å²) in [5.74, 6) is 0. The molecule has 0 spiro atoms. The maximum Gasteiger partial charge on any atom is 0.268 e. The maximum absolute atomic E-state index is 11.9. The van der Waals surface area contributed by atoms with Crippen molar-refractivity contribution >= 4 is 5.69 Å². The molecule has 0 aromatic carbocycles. The Balaban J connectivity index is 2.25. The van der Waals surface area contributed by atoms with Crippen molar-refractivity contribution < 1.29 is 4.74 Å². The largest absolute Gasteiger partial charge is 0.380 e. The first-order valence-corrected chi connectivity index (χ1v) is 7.75. The molecular formula is C15H28N4O2. The lowest BCUT2D eigenvalue weighted by Gasteiger charge is -2.16. The van der Waals surface area contributed by atoms with Gasteiger partial charge in [0.15, 0.2) is 0 Å². The minimum atomic E-state index is -0.0613. The van der Waals surface area contributed by atoms with Crippen molar-refractivity contribution in [3.63, 3.8) is 0 Å². The van der Waals surface area contributed by atoms with Crippen molar-refractivity contribution in [1.82, 2.24) is 15.1 Å². The second-order valence-corrected chi connectivity index (χ2v) is 5.01. The minimum Gasteiger partial charge on any atom is -0.380 e. The molecule has 1 rings (SSSR count). The molecule has 21 heavy (non-hydrogen) atoms. The number of rotatable bonds is 11. The molecule has 0 atom stereocenters. The topological polar surface area (TPSA) is 59.4 Å². The Kier molecular flexibility index (Phi) is 8.69. The molecule has 1 aromatic heterocycles. The quantitative estimate of drug-likeness (QED) is 0.620. The van der Waals surface area contributed by atoms with Gasteiger partial charge in [-0.25, -0.2) is 4.68 Å². The van der Waals surface area contributed by atoms with Crippen LogP contribution >= 0.6 is 0 Å². The fraction of sp³-hybridized carbons (Fsp3) is 0.733. The molecule has 0 radical (unpaired) electrons. The summed E-state index contributed by atoms with van der Waals surface area (Å²) in [5, 5.41) is 7.45. The molecule has 0 bridgehead atoms. The molecule has 0 saturated carbocycles. The third-order valence-corrected chi connectivity index (χ3v) is 3.34. The van der Waals surface area contributed by atoms with E-state index in [0.29, 0.717) is 19.7 Å². The van der Waals surface area contributed by atoms with Gasteiger partial charge in [-0.05, 0) is 13.3 Å². The average molecular weight is 296 g/mol. The average Bonchev–Trinajstić information content (AvgIpc) is 2.50. The molecule has 120 valence electrons. The summed E-state index contributed by atoms with van der Waals surface area (Å²) >= 11 is 0. The number of hydrogen-bond donors (Lipinski definition) is 1. The van der Waals surface area contributed by atoms with E-state index in [-0.39, 0.29) is 5.56 Å². The zero-order valence-corrected chi connectivity index (χ0v) is 13.5. The van der Waals surface area contributed by atoms with Gasteiger partial charge in [0.2, 0.25) is 0 Å². The van der Waals surface area contributed by atoms with E-state index in [0.717, 1.165) is 38.2 Å². The molecule has 6 nitrogen and oxygen atoms in total. The van der Waals surface area contributed by atoms with Crippen molar-refractivity contribution in [2.75, 3.05) is 44.8 Å². The molecule has 0 fully saturated rings. The summed E-state index contributed by atoms with van der Waals surface area (Å²) in [5.41, 5.74) is 0.796. The number of ether oxygens (including phenoxy) is 1. The highest BCUT2D eigenvalue weighted by molar-refractivity contribution is 5.41. The highest BCUT2D eigenvalue weighted by Crippen LogP contribution is 2.05. The number of hydrogen-bond acceptors (Lipinski definition) is 5. The first-order chi connectivity index (χ1) is 10.2. The van der Waals surface area contributed by atoms with Gasteiger partial charge >= 0.3 is 0 Å². The van der Waals surface area contributed by atoms with Crippen LogP contribution in [-0.2, 0) is 11.3 Å². The number of unbranched alkanes of at least 4 members (excludes halogenated alkanes) is 1. The van der Waals surface area contributed by atoms with Gasteiger partial charge in [0.1, 0.15) is 0 Å². The van der Waals surface area contributed by atoms with Gasteiger partial charge in [-0.2, -0.15) is 5.10 Å². The first kappa shape index (κ1) is 17.7. The molecule has 0 unspecified atom stereocenters. The van der Waals surface area contributed by atoms with Crippen molar-refractivity contribution in [2.24, 2.45) is 0 Å². The molecule has 6 heteroatoms. The number of aromatic nitrogens is 2. The number of nitrogens with zero attached hydrogens (tertiary/aromatic N) is 3. The summed E-state index contributed by atoms with van der Waals surface area (Å²) in [6, 6.07) is 1.63. The van der Waals surface area contributed by atoms with Crippen molar-refractivity contribution in [1.29, 1.82) is 0 Å². The van der Waals surface area contributed by atoms with Gasteiger partial charge in [-0.1, -0.05) is 13.3 Å². The molecule has 0 saturated heterocycles. The van der Waals surface area contributed by atoms with Crippen LogP contribution in [0.1, 0.15) is 26.7 Å². The fourth-order valence-electron chi connectivity index (χ4n) is 1.79. The second-order valence-electron chi connectivity index (χ2n) is 5.01. The lowest BCUT2D eigenvalue weighted by atomic mass is 10.4. The molecule has 0 amide bonds. The Bertz CT molecular complexity index is 448. The number of anilines is 1. The predicted molar refractivity (Wildman–Crippen MR) is 86.0 cm³/mol. The van der Waals surface area contributed by atoms with E-state index in [1.165, 1.54) is 4.68 Å². The van der Waals surface area contributed by atoms with Crippen LogP contribution in [0, 0.1) is 0 Å². The molecule has 1 heterocycles. The second kappa shape index (κ2) is 10.3. The zero-order valence-electron chi connectivity index (χ0n) is 13.5. The monoisotopic (exact) mass is 296 g/mol. The van der Waals surface area contributed by atoms with Crippen molar-refractivity contribution in [3.8, 4) is 0 Å². The smallest absolute Gasteiger partial charge is 0.268 e. The Morgan fingerprint density at radius 3 is 2.81 bits per heavy atom. The lowest BCUT2D eigenvalue weighted by molar-refractivity contribution is 0.133. The third kappa shape index (κ3) is 6.73. The molecular weight excluding hydrogens is 268 g/mol. The van der Waals surface area contributed by atoms with Crippen LogP contribution < -0.4 is 15.8 Å². The molecule has 0 aliphatic rings. The van der Waals surface area contributed by atoms with E-state index in [4.69, 9.17) is 4.74 Å². The maximum atomic E-state index is 11.9. The van der Waals surface area contributed by atoms with Crippen LogP contribution in [-0.4, -0.2) is 49.7 Å². The Morgan fingerprint density at radius 1 is 1.33 bits per heavy atom. The van der Waals surface area contributed by atoms with Crippen LogP contribution in [0.15, 0.2) is 17.1 Å². The molecule has 0 aliphatic carbocycles. The van der Waals surface area contributed by atoms with Crippen LogP contribution in [0.3, 0.4) is 0 Å².